The average Bonchev–Trinajstić information content (AvgIpc) is 2.02. The van der Waals surface area contributed by atoms with Crippen molar-refractivity contribution in [1.82, 2.24) is 9.21 Å². The minimum atomic E-state index is -3.50. The lowest BCUT2D eigenvalue weighted by Crippen LogP contribution is -2.48. The molecular formula is C8H17ClN2O2S. The summed E-state index contributed by atoms with van der Waals surface area (Å²) in [4.78, 5) is 2.27. The molecule has 0 N–H and O–H groups in total. The molecule has 14 heavy (non-hydrogen) atoms. The van der Waals surface area contributed by atoms with Gasteiger partial charge in [-0.3, -0.25) is 0 Å². The van der Waals surface area contributed by atoms with E-state index in [2.05, 4.69) is 18.7 Å². The lowest BCUT2D eigenvalue weighted by molar-refractivity contribution is 0.173. The predicted octanol–water partition coefficient (Wildman–Crippen LogP) is 0.744. The molecule has 0 aromatic rings. The van der Waals surface area contributed by atoms with Crippen LogP contribution in [0.3, 0.4) is 0 Å². The van der Waals surface area contributed by atoms with Crippen LogP contribution in [0.2, 0.25) is 0 Å². The molecule has 4 nitrogen and oxygen atoms in total. The van der Waals surface area contributed by atoms with Crippen molar-refractivity contribution in [3.05, 3.63) is 0 Å². The zero-order valence-electron chi connectivity index (χ0n) is 8.61. The van der Waals surface area contributed by atoms with Gasteiger partial charge in [-0.25, -0.2) is 0 Å². The lowest BCUT2D eigenvalue weighted by atomic mass is 10.2. The monoisotopic (exact) mass is 240 g/mol. The summed E-state index contributed by atoms with van der Waals surface area (Å²) in [5.74, 6) is 0.620. The molecule has 0 aliphatic carbocycles. The van der Waals surface area contributed by atoms with Gasteiger partial charge in [0.15, 0.2) is 0 Å². The Morgan fingerprint density at radius 1 is 1.21 bits per heavy atom. The van der Waals surface area contributed by atoms with E-state index in [-0.39, 0.29) is 0 Å². The molecule has 0 unspecified atom stereocenters. The fraction of sp³-hybridized carbons (Fsp3) is 1.00. The number of rotatable bonds is 3. The molecule has 84 valence electrons. The standard InChI is InChI=1S/C8H17ClN2O2S/c1-8(2)7-10-3-5-11(6-4-10)14(9,12)13/h8H,3-7H2,1-2H3. The fourth-order valence-corrected chi connectivity index (χ4v) is 2.66. The first kappa shape index (κ1) is 12.2. The van der Waals surface area contributed by atoms with Gasteiger partial charge < -0.3 is 4.90 Å². The van der Waals surface area contributed by atoms with Crippen LogP contribution in [0.1, 0.15) is 13.8 Å². The molecule has 0 radical (unpaired) electrons. The summed E-state index contributed by atoms with van der Waals surface area (Å²) >= 11 is 0. The Kier molecular flexibility index (Phi) is 4.18. The molecule has 0 aromatic heterocycles. The third kappa shape index (κ3) is 3.73. The van der Waals surface area contributed by atoms with Crippen molar-refractivity contribution in [1.29, 1.82) is 0 Å². The summed E-state index contributed by atoms with van der Waals surface area (Å²) in [5, 5.41) is 0. The summed E-state index contributed by atoms with van der Waals surface area (Å²) in [5.41, 5.74) is 0. The second-order valence-corrected chi connectivity index (χ2v) is 6.55. The van der Waals surface area contributed by atoms with Crippen LogP contribution in [0, 0.1) is 5.92 Å². The van der Waals surface area contributed by atoms with Gasteiger partial charge in [-0.2, -0.15) is 12.7 Å². The van der Waals surface area contributed by atoms with Gasteiger partial charge in [0.1, 0.15) is 0 Å². The maximum atomic E-state index is 11.0. The molecule has 0 aromatic carbocycles. The van der Waals surface area contributed by atoms with Gasteiger partial charge in [0.2, 0.25) is 0 Å². The van der Waals surface area contributed by atoms with Gasteiger partial charge in [-0.15, -0.1) is 0 Å². The molecule has 1 rings (SSSR count). The van der Waals surface area contributed by atoms with Gasteiger partial charge in [0.25, 0.3) is 9.24 Å². The van der Waals surface area contributed by atoms with E-state index >= 15 is 0 Å². The number of halogens is 1. The Morgan fingerprint density at radius 3 is 2.07 bits per heavy atom. The van der Waals surface area contributed by atoms with E-state index in [0.29, 0.717) is 19.0 Å². The van der Waals surface area contributed by atoms with Crippen molar-refractivity contribution in [3.63, 3.8) is 0 Å². The van der Waals surface area contributed by atoms with Crippen molar-refractivity contribution >= 4 is 19.9 Å². The molecule has 1 aliphatic heterocycles. The Bertz CT molecular complexity index is 271. The highest BCUT2D eigenvalue weighted by molar-refractivity contribution is 8.11. The zero-order valence-corrected chi connectivity index (χ0v) is 10.2. The smallest absolute Gasteiger partial charge is 0.299 e. The second kappa shape index (κ2) is 4.79. The topological polar surface area (TPSA) is 40.6 Å². The van der Waals surface area contributed by atoms with E-state index in [9.17, 15) is 8.42 Å². The van der Waals surface area contributed by atoms with Crippen LogP contribution in [-0.4, -0.2) is 50.3 Å². The molecule has 1 aliphatic rings. The third-order valence-electron chi connectivity index (χ3n) is 2.26. The van der Waals surface area contributed by atoms with E-state index in [1.165, 1.54) is 4.31 Å². The summed E-state index contributed by atoms with van der Waals surface area (Å²) in [6.07, 6.45) is 0. The molecule has 1 saturated heterocycles. The Labute approximate surface area is 90.4 Å². The number of hydrogen-bond acceptors (Lipinski definition) is 3. The Balaban J connectivity index is 2.39. The van der Waals surface area contributed by atoms with Crippen molar-refractivity contribution in [2.75, 3.05) is 32.7 Å². The molecule has 6 heteroatoms. The average molecular weight is 241 g/mol. The first-order valence-corrected chi connectivity index (χ1v) is 7.08. The molecule has 0 amide bonds. The van der Waals surface area contributed by atoms with Gasteiger partial charge in [-0.05, 0) is 5.92 Å². The van der Waals surface area contributed by atoms with Crippen LogP contribution in [0.25, 0.3) is 0 Å². The van der Waals surface area contributed by atoms with Crippen LogP contribution in [0.5, 0.6) is 0 Å². The molecule has 0 bridgehead atoms. The summed E-state index contributed by atoms with van der Waals surface area (Å²) < 4.78 is 23.3. The Hall–Kier alpha value is 0.160. The zero-order chi connectivity index (χ0) is 10.8. The molecule has 1 fully saturated rings. The predicted molar refractivity (Wildman–Crippen MR) is 57.6 cm³/mol. The number of piperazine rings is 1. The third-order valence-corrected chi connectivity index (χ3v) is 3.83. The van der Waals surface area contributed by atoms with E-state index in [1.807, 2.05) is 0 Å². The molecule has 0 atom stereocenters. The van der Waals surface area contributed by atoms with E-state index in [0.717, 1.165) is 19.6 Å². The van der Waals surface area contributed by atoms with Gasteiger partial charge in [-0.1, -0.05) is 13.8 Å². The van der Waals surface area contributed by atoms with E-state index in [4.69, 9.17) is 10.7 Å². The van der Waals surface area contributed by atoms with Gasteiger partial charge >= 0.3 is 0 Å². The molecular weight excluding hydrogens is 224 g/mol. The normalized spacial score (nSPS) is 21.7. The van der Waals surface area contributed by atoms with E-state index < -0.39 is 9.24 Å². The van der Waals surface area contributed by atoms with Gasteiger partial charge in [0, 0.05) is 43.4 Å². The number of nitrogens with zero attached hydrogens (tertiary/aromatic N) is 2. The highest BCUT2D eigenvalue weighted by atomic mass is 35.7. The maximum absolute atomic E-state index is 11.0. The molecule has 1 heterocycles. The number of hydrogen-bond donors (Lipinski definition) is 0. The lowest BCUT2D eigenvalue weighted by Gasteiger charge is -2.33. The van der Waals surface area contributed by atoms with Crippen LogP contribution in [-0.2, 0) is 9.24 Å². The summed E-state index contributed by atoms with van der Waals surface area (Å²) in [6.45, 7) is 7.93. The minimum absolute atomic E-state index is 0.512. The first-order chi connectivity index (χ1) is 6.39. The quantitative estimate of drug-likeness (QED) is 0.684. The fourth-order valence-electron chi connectivity index (χ4n) is 1.65. The van der Waals surface area contributed by atoms with Gasteiger partial charge in [0.05, 0.1) is 0 Å². The van der Waals surface area contributed by atoms with Crippen LogP contribution >= 0.6 is 10.7 Å². The van der Waals surface area contributed by atoms with E-state index in [1.54, 1.807) is 0 Å². The molecule has 0 spiro atoms. The highest BCUT2D eigenvalue weighted by Crippen LogP contribution is 2.11. The van der Waals surface area contributed by atoms with Crippen molar-refractivity contribution in [2.24, 2.45) is 5.92 Å². The summed E-state index contributed by atoms with van der Waals surface area (Å²) in [7, 11) is 1.75. The largest absolute Gasteiger partial charge is 0.300 e. The SMILES string of the molecule is CC(C)CN1CCN(S(=O)(=O)Cl)CC1. The van der Waals surface area contributed by atoms with Crippen molar-refractivity contribution in [3.8, 4) is 0 Å². The Morgan fingerprint density at radius 2 is 1.71 bits per heavy atom. The minimum Gasteiger partial charge on any atom is -0.300 e. The first-order valence-electron chi connectivity index (χ1n) is 4.81. The van der Waals surface area contributed by atoms with Crippen molar-refractivity contribution < 1.29 is 8.42 Å². The maximum Gasteiger partial charge on any atom is 0.299 e. The van der Waals surface area contributed by atoms with Crippen LogP contribution < -0.4 is 0 Å². The summed E-state index contributed by atoms with van der Waals surface area (Å²) in [6, 6.07) is 0. The second-order valence-electron chi connectivity index (χ2n) is 4.04. The molecule has 0 saturated carbocycles. The van der Waals surface area contributed by atoms with Crippen molar-refractivity contribution in [2.45, 2.75) is 13.8 Å². The highest BCUT2D eigenvalue weighted by Gasteiger charge is 2.24. The van der Waals surface area contributed by atoms with Crippen LogP contribution in [0.15, 0.2) is 0 Å². The van der Waals surface area contributed by atoms with Crippen LogP contribution in [0.4, 0.5) is 0 Å².